The van der Waals surface area contributed by atoms with Gasteiger partial charge in [0.15, 0.2) is 0 Å². The first kappa shape index (κ1) is 21.5. The molecule has 5 aliphatic rings. The fourth-order valence-corrected chi connectivity index (χ4v) is 10.3. The predicted molar refractivity (Wildman–Crippen MR) is 126 cm³/mol. The monoisotopic (exact) mass is 412 g/mol. The molecule has 0 aliphatic heterocycles. The zero-order chi connectivity index (χ0) is 21.4. The third-order valence-corrected chi connectivity index (χ3v) is 11.8. The van der Waals surface area contributed by atoms with Crippen LogP contribution in [0.4, 0.5) is 0 Å². The summed E-state index contributed by atoms with van der Waals surface area (Å²) >= 11 is 0. The Labute approximate surface area is 186 Å². The highest BCUT2D eigenvalue weighted by Gasteiger charge is 2.60. The molecule has 1 heteroatoms. The van der Waals surface area contributed by atoms with Crippen molar-refractivity contribution in [2.75, 3.05) is 0 Å². The molecule has 5 rings (SSSR count). The van der Waals surface area contributed by atoms with Gasteiger partial charge < -0.3 is 5.11 Å². The molecular formula is C29H48O. The molecule has 0 aromatic carbocycles. The van der Waals surface area contributed by atoms with Crippen LogP contribution in [0.25, 0.3) is 0 Å². The molecule has 0 spiro atoms. The topological polar surface area (TPSA) is 20.2 Å². The second-order valence-electron chi connectivity index (χ2n) is 13.4. The van der Waals surface area contributed by atoms with Crippen molar-refractivity contribution in [3.05, 3.63) is 11.1 Å². The average Bonchev–Trinajstić information content (AvgIpc) is 3.17. The summed E-state index contributed by atoms with van der Waals surface area (Å²) < 4.78 is 0. The first-order chi connectivity index (χ1) is 14.2. The van der Waals surface area contributed by atoms with Crippen LogP contribution in [0, 0.1) is 58.2 Å². The van der Waals surface area contributed by atoms with E-state index in [1.54, 1.807) is 5.57 Å². The van der Waals surface area contributed by atoms with E-state index >= 15 is 0 Å². The van der Waals surface area contributed by atoms with Gasteiger partial charge in [-0.25, -0.2) is 0 Å². The molecule has 0 radical (unpaired) electrons. The van der Waals surface area contributed by atoms with Gasteiger partial charge in [0.1, 0.15) is 0 Å². The number of rotatable bonds is 4. The van der Waals surface area contributed by atoms with E-state index in [-0.39, 0.29) is 6.10 Å². The third kappa shape index (κ3) is 3.11. The molecule has 0 heterocycles. The van der Waals surface area contributed by atoms with Gasteiger partial charge in [-0.15, -0.1) is 0 Å². The average molecular weight is 413 g/mol. The van der Waals surface area contributed by atoms with Crippen LogP contribution in [0.5, 0.6) is 0 Å². The largest absolute Gasteiger partial charge is 0.393 e. The van der Waals surface area contributed by atoms with Gasteiger partial charge in [-0.2, -0.15) is 0 Å². The standard InChI is InChI=1S/C29H48O/c1-17(2)27-19(4)23(27)15-18(3)24-9-10-25-22-8-7-20-16-21(30)11-13-28(20,5)26(22)12-14-29(24,25)6/h17-22,24-26,30H,7-16H2,1-6H3/t18-,19-,20-,21+,22?,24?,25?,26?,28+,29-/m1/s1. The Kier molecular flexibility index (Phi) is 5.28. The Balaban J connectivity index is 1.32. The number of hydrogen-bond donors (Lipinski definition) is 1. The van der Waals surface area contributed by atoms with Crippen LogP contribution in [0.15, 0.2) is 11.1 Å². The molecule has 0 aromatic rings. The summed E-state index contributed by atoms with van der Waals surface area (Å²) in [5.74, 6) is 7.05. The summed E-state index contributed by atoms with van der Waals surface area (Å²) in [6.07, 6.45) is 13.6. The third-order valence-electron chi connectivity index (χ3n) is 11.8. The maximum atomic E-state index is 10.3. The van der Waals surface area contributed by atoms with Crippen LogP contribution in [0.1, 0.15) is 106 Å². The van der Waals surface area contributed by atoms with Crippen molar-refractivity contribution in [3.8, 4) is 0 Å². The van der Waals surface area contributed by atoms with Crippen LogP contribution in [0.2, 0.25) is 0 Å². The highest BCUT2D eigenvalue weighted by Crippen LogP contribution is 2.68. The summed E-state index contributed by atoms with van der Waals surface area (Å²) in [6.45, 7) is 15.2. The van der Waals surface area contributed by atoms with E-state index in [2.05, 4.69) is 41.5 Å². The van der Waals surface area contributed by atoms with Crippen LogP contribution in [-0.4, -0.2) is 11.2 Å². The van der Waals surface area contributed by atoms with Gasteiger partial charge in [-0.05, 0) is 122 Å². The molecule has 0 amide bonds. The van der Waals surface area contributed by atoms with Crippen molar-refractivity contribution >= 4 is 0 Å². The maximum Gasteiger partial charge on any atom is 0.0543 e. The predicted octanol–water partition coefficient (Wildman–Crippen LogP) is 7.63. The SMILES string of the molecule is CC(C)C1=C(C[C@@H](C)C2CCC3C4CC[C@@H]5C[C@@H](O)CC[C@]5(C)C4CC[C@@]32C)[C@H]1C. The summed E-state index contributed by atoms with van der Waals surface area (Å²) in [4.78, 5) is 0. The lowest BCUT2D eigenvalue weighted by Gasteiger charge is -2.61. The Hall–Kier alpha value is -0.300. The van der Waals surface area contributed by atoms with Crippen LogP contribution < -0.4 is 0 Å². The van der Waals surface area contributed by atoms with Gasteiger partial charge in [-0.1, -0.05) is 52.7 Å². The molecule has 10 atom stereocenters. The van der Waals surface area contributed by atoms with E-state index in [1.165, 1.54) is 51.4 Å². The van der Waals surface area contributed by atoms with Gasteiger partial charge in [-0.3, -0.25) is 0 Å². The van der Waals surface area contributed by atoms with E-state index in [0.717, 1.165) is 60.2 Å². The molecule has 0 aromatic heterocycles. The lowest BCUT2D eigenvalue weighted by molar-refractivity contribution is -0.129. The molecule has 0 bridgehead atoms. The number of aliphatic hydroxyl groups excluding tert-OH is 1. The molecule has 5 aliphatic carbocycles. The van der Waals surface area contributed by atoms with Crippen molar-refractivity contribution in [1.82, 2.24) is 0 Å². The van der Waals surface area contributed by atoms with Gasteiger partial charge in [0.05, 0.1) is 6.10 Å². The van der Waals surface area contributed by atoms with Crippen LogP contribution >= 0.6 is 0 Å². The molecule has 1 nitrogen and oxygen atoms in total. The molecular weight excluding hydrogens is 364 g/mol. The van der Waals surface area contributed by atoms with Gasteiger partial charge in [0.25, 0.3) is 0 Å². The summed E-state index contributed by atoms with van der Waals surface area (Å²) in [5.41, 5.74) is 4.73. The second-order valence-corrected chi connectivity index (χ2v) is 13.4. The summed E-state index contributed by atoms with van der Waals surface area (Å²) in [6, 6.07) is 0. The maximum absolute atomic E-state index is 10.3. The second kappa shape index (κ2) is 7.36. The first-order valence-corrected chi connectivity index (χ1v) is 13.6. The smallest absolute Gasteiger partial charge is 0.0543 e. The lowest BCUT2D eigenvalue weighted by atomic mass is 9.44. The van der Waals surface area contributed by atoms with Crippen LogP contribution in [0.3, 0.4) is 0 Å². The number of aliphatic hydroxyl groups is 1. The van der Waals surface area contributed by atoms with Crippen molar-refractivity contribution in [1.29, 1.82) is 0 Å². The Morgan fingerprint density at radius 1 is 0.900 bits per heavy atom. The highest BCUT2D eigenvalue weighted by atomic mass is 16.3. The highest BCUT2D eigenvalue weighted by molar-refractivity contribution is 5.41. The van der Waals surface area contributed by atoms with Crippen molar-refractivity contribution in [3.63, 3.8) is 0 Å². The fraction of sp³-hybridized carbons (Fsp3) is 0.931. The quantitative estimate of drug-likeness (QED) is 0.470. The van der Waals surface area contributed by atoms with E-state index in [9.17, 15) is 5.11 Å². The van der Waals surface area contributed by atoms with Gasteiger partial charge in [0.2, 0.25) is 0 Å². The Morgan fingerprint density at radius 2 is 1.60 bits per heavy atom. The van der Waals surface area contributed by atoms with Crippen molar-refractivity contribution in [2.45, 2.75) is 112 Å². The summed E-state index contributed by atoms with van der Waals surface area (Å²) in [5, 5.41) is 10.3. The normalized spacial score (nSPS) is 51.4. The van der Waals surface area contributed by atoms with Gasteiger partial charge >= 0.3 is 0 Å². The van der Waals surface area contributed by atoms with Crippen molar-refractivity contribution in [2.24, 2.45) is 58.2 Å². The number of allylic oxidation sites excluding steroid dienone is 2. The fourth-order valence-electron chi connectivity index (χ4n) is 10.3. The zero-order valence-corrected chi connectivity index (χ0v) is 20.7. The molecule has 4 unspecified atom stereocenters. The minimum absolute atomic E-state index is 0.0138. The van der Waals surface area contributed by atoms with E-state index in [1.807, 2.05) is 5.57 Å². The Morgan fingerprint density at radius 3 is 2.30 bits per heavy atom. The number of fused-ring (bicyclic) bond motifs is 5. The number of hydrogen-bond acceptors (Lipinski definition) is 1. The molecule has 1 N–H and O–H groups in total. The molecule has 170 valence electrons. The van der Waals surface area contributed by atoms with Crippen LogP contribution in [-0.2, 0) is 0 Å². The van der Waals surface area contributed by atoms with Crippen molar-refractivity contribution < 1.29 is 5.11 Å². The first-order valence-electron chi connectivity index (χ1n) is 13.6. The molecule has 4 saturated carbocycles. The van der Waals surface area contributed by atoms with E-state index in [0.29, 0.717) is 10.8 Å². The molecule has 0 saturated heterocycles. The van der Waals surface area contributed by atoms with Gasteiger partial charge in [0, 0.05) is 0 Å². The summed E-state index contributed by atoms with van der Waals surface area (Å²) in [7, 11) is 0. The minimum atomic E-state index is -0.0138. The lowest BCUT2D eigenvalue weighted by Crippen LogP contribution is -2.54. The van der Waals surface area contributed by atoms with E-state index < -0.39 is 0 Å². The molecule has 30 heavy (non-hydrogen) atoms. The molecule has 4 fully saturated rings. The van der Waals surface area contributed by atoms with E-state index in [4.69, 9.17) is 0 Å². The zero-order valence-electron chi connectivity index (χ0n) is 20.7. The minimum Gasteiger partial charge on any atom is -0.393 e. The Bertz CT molecular complexity index is 705.